The van der Waals surface area contributed by atoms with E-state index in [9.17, 15) is 18.7 Å². The van der Waals surface area contributed by atoms with Crippen molar-refractivity contribution in [2.24, 2.45) is 0 Å². The van der Waals surface area contributed by atoms with Crippen molar-refractivity contribution in [1.82, 2.24) is 10.2 Å². The molecule has 1 unspecified atom stereocenters. The van der Waals surface area contributed by atoms with E-state index < -0.39 is 23.1 Å². The van der Waals surface area contributed by atoms with E-state index in [1.165, 1.54) is 17.0 Å². The van der Waals surface area contributed by atoms with Gasteiger partial charge in [0, 0.05) is 25.2 Å². The first-order valence-electron chi connectivity index (χ1n) is 8.60. The van der Waals surface area contributed by atoms with E-state index in [2.05, 4.69) is 5.32 Å². The van der Waals surface area contributed by atoms with E-state index in [0.717, 1.165) is 11.8 Å². The number of halogens is 2. The molecule has 5 nitrogen and oxygen atoms in total. The lowest BCUT2D eigenvalue weighted by molar-refractivity contribution is -0.157. The lowest BCUT2D eigenvalue weighted by Gasteiger charge is -2.38. The number of piperidine rings is 1. The number of nitrogens with zero attached hydrogens (tertiary/aromatic N) is 1. The van der Waals surface area contributed by atoms with Crippen LogP contribution in [0.5, 0.6) is 0 Å². The average Bonchev–Trinajstić information content (AvgIpc) is 3.01. The monoisotopic (exact) mass is 364 g/mol. The first-order chi connectivity index (χ1) is 12.4. The first-order valence-corrected chi connectivity index (χ1v) is 8.60. The maximum atomic E-state index is 13.9. The Morgan fingerprint density at radius 2 is 2.12 bits per heavy atom. The van der Waals surface area contributed by atoms with E-state index in [1.54, 1.807) is 0 Å². The molecule has 1 aromatic carbocycles. The van der Waals surface area contributed by atoms with Crippen molar-refractivity contribution in [3.63, 3.8) is 0 Å². The van der Waals surface area contributed by atoms with Gasteiger partial charge in [0.2, 0.25) is 0 Å². The minimum absolute atomic E-state index is 0.0632. The molecule has 7 heteroatoms. The highest BCUT2D eigenvalue weighted by atomic mass is 19.2. The van der Waals surface area contributed by atoms with Gasteiger partial charge in [0.1, 0.15) is 11.5 Å². The summed E-state index contributed by atoms with van der Waals surface area (Å²) in [6.07, 6.45) is 0.902. The number of furan rings is 1. The molecule has 2 aromatic rings. The minimum Gasteiger partial charge on any atom is -0.465 e. The SMILES string of the molecule is Cc1ccc(CNCC2(O)CCCN(Cc3cccc(F)c3F)C2=O)o1. The van der Waals surface area contributed by atoms with Crippen LogP contribution >= 0.6 is 0 Å². The fraction of sp³-hybridized carbons (Fsp3) is 0.421. The molecule has 1 saturated heterocycles. The third-order valence-corrected chi connectivity index (χ3v) is 4.61. The maximum absolute atomic E-state index is 13.9. The Balaban J connectivity index is 1.63. The summed E-state index contributed by atoms with van der Waals surface area (Å²) in [5, 5.41) is 13.8. The number of carbonyl (C=O) groups excluding carboxylic acids is 1. The molecule has 1 amide bonds. The van der Waals surface area contributed by atoms with Crippen LogP contribution in [0.3, 0.4) is 0 Å². The van der Waals surface area contributed by atoms with E-state index >= 15 is 0 Å². The molecule has 1 fully saturated rings. The van der Waals surface area contributed by atoms with Gasteiger partial charge in [-0.2, -0.15) is 0 Å². The molecule has 3 rings (SSSR count). The summed E-state index contributed by atoms with van der Waals surface area (Å²) in [6, 6.07) is 7.55. The van der Waals surface area contributed by atoms with Gasteiger partial charge < -0.3 is 19.7 Å². The highest BCUT2D eigenvalue weighted by Gasteiger charge is 2.42. The molecule has 0 bridgehead atoms. The van der Waals surface area contributed by atoms with Gasteiger partial charge in [0.05, 0.1) is 6.54 Å². The smallest absolute Gasteiger partial charge is 0.256 e. The topological polar surface area (TPSA) is 65.7 Å². The highest BCUT2D eigenvalue weighted by Crippen LogP contribution is 2.25. The molecule has 0 radical (unpaired) electrons. The van der Waals surface area contributed by atoms with Crippen molar-refractivity contribution >= 4 is 5.91 Å². The molecule has 0 saturated carbocycles. The predicted molar refractivity (Wildman–Crippen MR) is 91.1 cm³/mol. The molecule has 1 aliphatic heterocycles. The number of benzene rings is 1. The Kier molecular flexibility index (Phi) is 5.38. The van der Waals surface area contributed by atoms with Crippen LogP contribution in [0.25, 0.3) is 0 Å². The predicted octanol–water partition coefficient (Wildman–Crippen LogP) is 2.51. The highest BCUT2D eigenvalue weighted by molar-refractivity contribution is 5.86. The Bertz CT molecular complexity index is 793. The number of likely N-dealkylation sites (tertiary alicyclic amines) is 1. The normalized spacial score (nSPS) is 20.6. The van der Waals surface area contributed by atoms with Gasteiger partial charge in [-0.05, 0) is 38.0 Å². The van der Waals surface area contributed by atoms with Crippen molar-refractivity contribution < 1.29 is 23.1 Å². The number of carbonyl (C=O) groups is 1. The molecule has 1 aliphatic rings. The summed E-state index contributed by atoms with van der Waals surface area (Å²) in [4.78, 5) is 14.1. The van der Waals surface area contributed by atoms with Crippen LogP contribution < -0.4 is 5.32 Å². The van der Waals surface area contributed by atoms with Crippen molar-refractivity contribution in [2.75, 3.05) is 13.1 Å². The quantitative estimate of drug-likeness (QED) is 0.827. The molecule has 1 aromatic heterocycles. The largest absolute Gasteiger partial charge is 0.465 e. The van der Waals surface area contributed by atoms with Gasteiger partial charge in [-0.1, -0.05) is 12.1 Å². The maximum Gasteiger partial charge on any atom is 0.256 e. The fourth-order valence-electron chi connectivity index (χ4n) is 3.23. The van der Waals surface area contributed by atoms with Crippen LogP contribution in [-0.4, -0.2) is 34.6 Å². The second-order valence-corrected chi connectivity index (χ2v) is 6.69. The Hall–Kier alpha value is -2.25. The number of rotatable bonds is 6. The average molecular weight is 364 g/mol. The van der Waals surface area contributed by atoms with Crippen LogP contribution in [0.1, 0.15) is 29.9 Å². The first kappa shape index (κ1) is 18.5. The molecule has 26 heavy (non-hydrogen) atoms. The van der Waals surface area contributed by atoms with E-state index in [4.69, 9.17) is 4.42 Å². The number of hydrogen-bond donors (Lipinski definition) is 2. The number of aliphatic hydroxyl groups is 1. The van der Waals surface area contributed by atoms with E-state index in [0.29, 0.717) is 31.7 Å². The van der Waals surface area contributed by atoms with Crippen LogP contribution in [-0.2, 0) is 17.9 Å². The number of amides is 1. The summed E-state index contributed by atoms with van der Waals surface area (Å²) in [5.41, 5.74) is -1.47. The van der Waals surface area contributed by atoms with E-state index in [-0.39, 0.29) is 18.7 Å². The molecule has 2 N–H and O–H groups in total. The molecule has 2 heterocycles. The van der Waals surface area contributed by atoms with Crippen molar-refractivity contribution in [3.8, 4) is 0 Å². The van der Waals surface area contributed by atoms with Gasteiger partial charge in [0.25, 0.3) is 5.91 Å². The Morgan fingerprint density at radius 1 is 1.31 bits per heavy atom. The van der Waals surface area contributed by atoms with Crippen molar-refractivity contribution in [1.29, 1.82) is 0 Å². The second-order valence-electron chi connectivity index (χ2n) is 6.69. The molecular formula is C19H22F2N2O3. The molecule has 0 spiro atoms. The summed E-state index contributed by atoms with van der Waals surface area (Å²) in [5.74, 6) is -0.875. The van der Waals surface area contributed by atoms with Crippen molar-refractivity contribution in [2.45, 2.75) is 38.5 Å². The van der Waals surface area contributed by atoms with Crippen LogP contribution in [0.4, 0.5) is 8.78 Å². The van der Waals surface area contributed by atoms with Gasteiger partial charge in [0.15, 0.2) is 17.2 Å². The van der Waals surface area contributed by atoms with Crippen LogP contribution in [0, 0.1) is 18.6 Å². The van der Waals surface area contributed by atoms with Gasteiger partial charge in [-0.15, -0.1) is 0 Å². The summed E-state index contributed by atoms with van der Waals surface area (Å²) in [6.45, 7) is 2.62. The zero-order valence-electron chi connectivity index (χ0n) is 14.6. The standard InChI is InChI=1S/C19H22F2N2O3/c1-13-6-7-15(26-13)10-22-12-19(25)8-3-9-23(18(19)24)11-14-4-2-5-16(20)17(14)21/h2,4-7,22,25H,3,8-12H2,1H3. The third-order valence-electron chi connectivity index (χ3n) is 4.61. The Labute approximate surface area is 150 Å². The van der Waals surface area contributed by atoms with Gasteiger partial charge >= 0.3 is 0 Å². The lowest BCUT2D eigenvalue weighted by Crippen LogP contribution is -2.57. The van der Waals surface area contributed by atoms with Crippen molar-refractivity contribution in [3.05, 3.63) is 59.1 Å². The molecular weight excluding hydrogens is 342 g/mol. The van der Waals surface area contributed by atoms with Crippen LogP contribution in [0.15, 0.2) is 34.7 Å². The zero-order valence-corrected chi connectivity index (χ0v) is 14.6. The zero-order chi connectivity index (χ0) is 18.7. The Morgan fingerprint density at radius 3 is 2.85 bits per heavy atom. The number of nitrogens with one attached hydrogen (secondary N) is 1. The third kappa shape index (κ3) is 3.94. The second kappa shape index (κ2) is 7.55. The molecule has 0 aliphatic carbocycles. The van der Waals surface area contributed by atoms with Crippen LogP contribution in [0.2, 0.25) is 0 Å². The summed E-state index contributed by atoms with van der Waals surface area (Å²) in [7, 11) is 0. The lowest BCUT2D eigenvalue weighted by atomic mass is 9.91. The molecule has 140 valence electrons. The minimum atomic E-state index is -1.57. The fourth-order valence-corrected chi connectivity index (χ4v) is 3.23. The van der Waals surface area contributed by atoms with E-state index in [1.807, 2.05) is 19.1 Å². The summed E-state index contributed by atoms with van der Waals surface area (Å²) >= 11 is 0. The van der Waals surface area contributed by atoms with Gasteiger partial charge in [-0.25, -0.2) is 8.78 Å². The van der Waals surface area contributed by atoms with Gasteiger partial charge in [-0.3, -0.25) is 4.79 Å². The number of hydrogen-bond acceptors (Lipinski definition) is 4. The summed E-state index contributed by atoms with van der Waals surface area (Å²) < 4.78 is 32.7. The number of aryl methyl sites for hydroxylation is 1. The molecule has 1 atom stereocenters.